The first-order valence-corrected chi connectivity index (χ1v) is 7.93. The number of hydrogen-bond donors (Lipinski definition) is 0. The second kappa shape index (κ2) is 6.48. The summed E-state index contributed by atoms with van der Waals surface area (Å²) in [5.41, 5.74) is 1.73. The Labute approximate surface area is 138 Å². The van der Waals surface area contributed by atoms with E-state index in [1.165, 1.54) is 6.20 Å². The van der Waals surface area contributed by atoms with Gasteiger partial charge in [-0.25, -0.2) is 14.4 Å². The van der Waals surface area contributed by atoms with Gasteiger partial charge in [-0.05, 0) is 12.1 Å². The molecule has 1 fully saturated rings. The Bertz CT molecular complexity index is 747. The molecule has 0 bridgehead atoms. The molecule has 0 atom stereocenters. The van der Waals surface area contributed by atoms with Crippen molar-refractivity contribution in [2.24, 2.45) is 5.10 Å². The number of morpholine rings is 1. The van der Waals surface area contributed by atoms with Gasteiger partial charge in [0.15, 0.2) is 11.6 Å². The van der Waals surface area contributed by atoms with Crippen LogP contribution in [0.25, 0.3) is 0 Å². The number of rotatable bonds is 3. The van der Waals surface area contributed by atoms with Crippen LogP contribution in [0, 0.1) is 5.82 Å². The first-order chi connectivity index (χ1) is 11.8. The summed E-state index contributed by atoms with van der Waals surface area (Å²) in [6.07, 6.45) is 3.71. The number of hydrazone groups is 1. The van der Waals surface area contributed by atoms with Crippen LogP contribution in [-0.2, 0) is 4.74 Å². The highest BCUT2D eigenvalue weighted by atomic mass is 19.1. The van der Waals surface area contributed by atoms with Crippen molar-refractivity contribution in [2.75, 3.05) is 42.8 Å². The van der Waals surface area contributed by atoms with Crippen LogP contribution in [0.1, 0.15) is 12.1 Å². The first kappa shape index (κ1) is 14.9. The van der Waals surface area contributed by atoms with Crippen LogP contribution in [0.4, 0.5) is 16.2 Å². The molecule has 0 amide bonds. The number of aromatic nitrogens is 3. The maximum atomic E-state index is 14.1. The van der Waals surface area contributed by atoms with E-state index in [0.29, 0.717) is 44.6 Å². The zero-order valence-corrected chi connectivity index (χ0v) is 13.1. The Balaban J connectivity index is 1.59. The van der Waals surface area contributed by atoms with Gasteiger partial charge >= 0.3 is 0 Å². The minimum absolute atomic E-state index is 0.310. The maximum absolute atomic E-state index is 14.1. The van der Waals surface area contributed by atoms with Crippen molar-refractivity contribution in [1.29, 1.82) is 0 Å². The smallest absolute Gasteiger partial charge is 0.248 e. The highest BCUT2D eigenvalue weighted by Crippen LogP contribution is 2.23. The summed E-state index contributed by atoms with van der Waals surface area (Å²) in [7, 11) is 0. The minimum atomic E-state index is -0.422. The zero-order chi connectivity index (χ0) is 16.4. The van der Waals surface area contributed by atoms with E-state index in [4.69, 9.17) is 4.74 Å². The molecule has 24 heavy (non-hydrogen) atoms. The number of nitrogens with zero attached hydrogens (tertiary/aromatic N) is 6. The molecule has 1 saturated heterocycles. The molecule has 2 aromatic heterocycles. The number of anilines is 2. The third-order valence-electron chi connectivity index (χ3n) is 4.02. The molecule has 0 spiro atoms. The Hall–Kier alpha value is -2.61. The molecule has 0 N–H and O–H groups in total. The van der Waals surface area contributed by atoms with E-state index < -0.39 is 5.82 Å². The molecule has 4 rings (SSSR count). The maximum Gasteiger partial charge on any atom is 0.248 e. The summed E-state index contributed by atoms with van der Waals surface area (Å²) in [5.74, 6) is 0.294. The van der Waals surface area contributed by atoms with E-state index in [1.807, 2.05) is 23.1 Å². The quantitative estimate of drug-likeness (QED) is 0.850. The first-order valence-electron chi connectivity index (χ1n) is 7.93. The summed E-state index contributed by atoms with van der Waals surface area (Å²) in [6, 6.07) is 5.72. The van der Waals surface area contributed by atoms with E-state index in [2.05, 4.69) is 20.1 Å². The van der Waals surface area contributed by atoms with Crippen molar-refractivity contribution >= 4 is 17.5 Å². The molecule has 7 nitrogen and oxygen atoms in total. The standard InChI is InChI=1S/C16H17FN6O/c17-12-11-19-16(20-15(12)22-7-9-24-10-8-22)23-6-4-14(21-23)13-3-1-2-5-18-13/h1-3,5,11H,4,6-10H2. The minimum Gasteiger partial charge on any atom is -0.378 e. The van der Waals surface area contributed by atoms with Crippen molar-refractivity contribution in [3.63, 3.8) is 0 Å². The van der Waals surface area contributed by atoms with Gasteiger partial charge in [-0.2, -0.15) is 10.1 Å². The summed E-state index contributed by atoms with van der Waals surface area (Å²) in [4.78, 5) is 14.7. The van der Waals surface area contributed by atoms with E-state index in [9.17, 15) is 4.39 Å². The van der Waals surface area contributed by atoms with Gasteiger partial charge in [-0.15, -0.1) is 0 Å². The van der Waals surface area contributed by atoms with Crippen molar-refractivity contribution in [3.8, 4) is 0 Å². The van der Waals surface area contributed by atoms with E-state index in [0.717, 1.165) is 17.8 Å². The van der Waals surface area contributed by atoms with Crippen LogP contribution in [0.5, 0.6) is 0 Å². The van der Waals surface area contributed by atoms with E-state index in [1.54, 1.807) is 11.2 Å². The van der Waals surface area contributed by atoms with Gasteiger partial charge in [0, 0.05) is 25.7 Å². The van der Waals surface area contributed by atoms with Crippen molar-refractivity contribution < 1.29 is 9.13 Å². The SMILES string of the molecule is Fc1cnc(N2CCC(c3ccccn3)=N2)nc1N1CCOCC1. The molecule has 0 aromatic carbocycles. The average molecular weight is 328 g/mol. The van der Waals surface area contributed by atoms with E-state index >= 15 is 0 Å². The molecule has 0 radical (unpaired) electrons. The van der Waals surface area contributed by atoms with Gasteiger partial charge < -0.3 is 9.64 Å². The third-order valence-corrected chi connectivity index (χ3v) is 4.02. The molecule has 0 aliphatic carbocycles. The average Bonchev–Trinajstić information content (AvgIpc) is 3.14. The van der Waals surface area contributed by atoms with Crippen LogP contribution in [0.2, 0.25) is 0 Å². The number of ether oxygens (including phenoxy) is 1. The predicted molar refractivity (Wildman–Crippen MR) is 87.8 cm³/mol. The molecular weight excluding hydrogens is 311 g/mol. The molecule has 4 heterocycles. The third kappa shape index (κ3) is 2.92. The summed E-state index contributed by atoms with van der Waals surface area (Å²) >= 11 is 0. The molecule has 8 heteroatoms. The zero-order valence-electron chi connectivity index (χ0n) is 13.1. The van der Waals surface area contributed by atoms with Gasteiger partial charge in [0.2, 0.25) is 5.95 Å². The second-order valence-electron chi connectivity index (χ2n) is 5.58. The van der Waals surface area contributed by atoms with Crippen LogP contribution in [0.3, 0.4) is 0 Å². The lowest BCUT2D eigenvalue weighted by Crippen LogP contribution is -2.37. The fraction of sp³-hybridized carbons (Fsp3) is 0.375. The lowest BCUT2D eigenvalue weighted by molar-refractivity contribution is 0.122. The largest absolute Gasteiger partial charge is 0.378 e. The van der Waals surface area contributed by atoms with Gasteiger partial charge in [0.25, 0.3) is 0 Å². The van der Waals surface area contributed by atoms with Crippen LogP contribution < -0.4 is 9.91 Å². The van der Waals surface area contributed by atoms with Crippen LogP contribution >= 0.6 is 0 Å². The summed E-state index contributed by atoms with van der Waals surface area (Å²) in [5, 5.41) is 6.24. The monoisotopic (exact) mass is 328 g/mol. The summed E-state index contributed by atoms with van der Waals surface area (Å²) in [6.45, 7) is 3.04. The molecule has 0 saturated carbocycles. The highest BCUT2D eigenvalue weighted by Gasteiger charge is 2.23. The van der Waals surface area contributed by atoms with Gasteiger partial charge in [-0.1, -0.05) is 6.07 Å². The lowest BCUT2D eigenvalue weighted by Gasteiger charge is -2.28. The Morgan fingerprint density at radius 1 is 1.08 bits per heavy atom. The fourth-order valence-electron chi connectivity index (χ4n) is 2.79. The van der Waals surface area contributed by atoms with Crippen LogP contribution in [-0.4, -0.2) is 53.5 Å². The molecule has 2 aliphatic heterocycles. The van der Waals surface area contributed by atoms with Crippen LogP contribution in [0.15, 0.2) is 35.7 Å². The highest BCUT2D eigenvalue weighted by molar-refractivity contribution is 6.00. The van der Waals surface area contributed by atoms with Gasteiger partial charge in [-0.3, -0.25) is 4.98 Å². The Morgan fingerprint density at radius 2 is 1.96 bits per heavy atom. The van der Waals surface area contributed by atoms with E-state index in [-0.39, 0.29) is 0 Å². The molecule has 124 valence electrons. The van der Waals surface area contributed by atoms with Crippen molar-refractivity contribution in [2.45, 2.75) is 6.42 Å². The number of pyridine rings is 1. The fourth-order valence-corrected chi connectivity index (χ4v) is 2.79. The molecule has 0 unspecified atom stereocenters. The topological polar surface area (TPSA) is 66.7 Å². The van der Waals surface area contributed by atoms with Crippen molar-refractivity contribution in [3.05, 3.63) is 42.1 Å². The molecular formula is C16H17FN6O. The summed E-state index contributed by atoms with van der Waals surface area (Å²) < 4.78 is 19.4. The number of hydrogen-bond acceptors (Lipinski definition) is 7. The predicted octanol–water partition coefficient (Wildman–Crippen LogP) is 1.46. The second-order valence-corrected chi connectivity index (χ2v) is 5.58. The normalized spacial score (nSPS) is 18.0. The van der Waals surface area contributed by atoms with Crippen molar-refractivity contribution in [1.82, 2.24) is 15.0 Å². The van der Waals surface area contributed by atoms with Gasteiger partial charge in [0.1, 0.15) is 0 Å². The lowest BCUT2D eigenvalue weighted by atomic mass is 10.2. The molecule has 2 aromatic rings. The molecule has 2 aliphatic rings. The Morgan fingerprint density at radius 3 is 2.75 bits per heavy atom. The Kier molecular flexibility index (Phi) is 4.04. The number of halogens is 1. The van der Waals surface area contributed by atoms with Gasteiger partial charge in [0.05, 0.1) is 37.4 Å².